The molecule has 0 radical (unpaired) electrons. The van der Waals surface area contributed by atoms with E-state index in [4.69, 9.17) is 4.74 Å². The van der Waals surface area contributed by atoms with Gasteiger partial charge in [0.1, 0.15) is 5.75 Å². The standard InChI is InChI=1S/C21H32N2O2/c1-22-13-8-17-9-14-23(15-10-17)20(24)21(11-3-4-12-21)18-6-5-7-19(16-18)25-2/h5-7,16-17,22H,3-4,8-15H2,1-2H3. The first-order valence-electron chi connectivity index (χ1n) is 9.78. The summed E-state index contributed by atoms with van der Waals surface area (Å²) < 4.78 is 5.41. The molecule has 4 nitrogen and oxygen atoms in total. The van der Waals surface area contributed by atoms with Crippen LogP contribution >= 0.6 is 0 Å². The van der Waals surface area contributed by atoms with E-state index in [0.29, 0.717) is 5.91 Å². The number of hydrogen-bond acceptors (Lipinski definition) is 3. The van der Waals surface area contributed by atoms with Crippen molar-refractivity contribution in [2.75, 3.05) is 33.8 Å². The van der Waals surface area contributed by atoms with E-state index < -0.39 is 0 Å². The van der Waals surface area contributed by atoms with Crippen LogP contribution in [0.2, 0.25) is 0 Å². The Balaban J connectivity index is 1.73. The summed E-state index contributed by atoms with van der Waals surface area (Å²) >= 11 is 0. The quantitative estimate of drug-likeness (QED) is 0.860. The van der Waals surface area contributed by atoms with Crippen LogP contribution < -0.4 is 10.1 Å². The SMILES string of the molecule is CNCCC1CCN(C(=O)C2(c3cccc(OC)c3)CCCC2)CC1. The maximum atomic E-state index is 13.5. The molecule has 0 bridgehead atoms. The fourth-order valence-corrected chi connectivity index (χ4v) is 4.60. The highest BCUT2D eigenvalue weighted by atomic mass is 16.5. The third-order valence-electron chi connectivity index (χ3n) is 6.19. The molecule has 1 aromatic carbocycles. The van der Waals surface area contributed by atoms with Gasteiger partial charge in [-0.15, -0.1) is 0 Å². The fourth-order valence-electron chi connectivity index (χ4n) is 4.60. The van der Waals surface area contributed by atoms with Crippen LogP contribution in [-0.2, 0) is 10.2 Å². The first kappa shape index (κ1) is 18.2. The number of benzene rings is 1. The molecule has 1 aromatic rings. The Labute approximate surface area is 151 Å². The van der Waals surface area contributed by atoms with Gasteiger partial charge in [-0.1, -0.05) is 25.0 Å². The monoisotopic (exact) mass is 344 g/mol. The highest BCUT2D eigenvalue weighted by Gasteiger charge is 2.45. The minimum Gasteiger partial charge on any atom is -0.497 e. The molecule has 1 heterocycles. The van der Waals surface area contributed by atoms with Gasteiger partial charge in [0.2, 0.25) is 5.91 Å². The summed E-state index contributed by atoms with van der Waals surface area (Å²) in [4.78, 5) is 15.7. The van der Waals surface area contributed by atoms with Crippen molar-refractivity contribution in [3.05, 3.63) is 29.8 Å². The van der Waals surface area contributed by atoms with Gasteiger partial charge >= 0.3 is 0 Å². The lowest BCUT2D eigenvalue weighted by Gasteiger charge is -2.39. The summed E-state index contributed by atoms with van der Waals surface area (Å²) in [5, 5.41) is 3.24. The number of carbonyl (C=O) groups is 1. The van der Waals surface area contributed by atoms with Crippen molar-refractivity contribution >= 4 is 5.91 Å². The van der Waals surface area contributed by atoms with Crippen LogP contribution in [-0.4, -0.2) is 44.6 Å². The molecule has 1 N–H and O–H groups in total. The molecular formula is C21H32N2O2. The summed E-state index contributed by atoms with van der Waals surface area (Å²) in [5.74, 6) is 1.96. The third kappa shape index (κ3) is 3.84. The number of hydrogen-bond donors (Lipinski definition) is 1. The zero-order valence-electron chi connectivity index (χ0n) is 15.7. The molecule has 138 valence electrons. The van der Waals surface area contributed by atoms with E-state index in [9.17, 15) is 4.79 Å². The van der Waals surface area contributed by atoms with E-state index in [-0.39, 0.29) is 5.41 Å². The summed E-state index contributed by atoms with van der Waals surface area (Å²) in [7, 11) is 3.70. The van der Waals surface area contributed by atoms with Gasteiger partial charge in [0.25, 0.3) is 0 Å². The summed E-state index contributed by atoms with van der Waals surface area (Å²) in [5.41, 5.74) is 0.818. The lowest BCUT2D eigenvalue weighted by molar-refractivity contribution is -0.138. The van der Waals surface area contributed by atoms with Gasteiger partial charge < -0.3 is 15.0 Å². The number of amides is 1. The Morgan fingerprint density at radius 3 is 2.64 bits per heavy atom. The first-order valence-corrected chi connectivity index (χ1v) is 9.78. The lowest BCUT2D eigenvalue weighted by Crippen LogP contribution is -2.48. The number of carbonyl (C=O) groups excluding carboxylic acids is 1. The minimum atomic E-state index is -0.327. The fraction of sp³-hybridized carbons (Fsp3) is 0.667. The molecular weight excluding hydrogens is 312 g/mol. The number of likely N-dealkylation sites (tertiary alicyclic amines) is 1. The molecule has 2 fully saturated rings. The molecule has 1 amide bonds. The van der Waals surface area contributed by atoms with Gasteiger partial charge in [-0.25, -0.2) is 0 Å². The second-order valence-corrected chi connectivity index (χ2v) is 7.65. The number of methoxy groups -OCH3 is 1. The molecule has 4 heteroatoms. The van der Waals surface area contributed by atoms with Gasteiger partial charge in [-0.05, 0) is 69.3 Å². The summed E-state index contributed by atoms with van der Waals surface area (Å²) in [6.07, 6.45) is 7.73. The summed E-state index contributed by atoms with van der Waals surface area (Å²) in [6.45, 7) is 2.91. The molecule has 0 atom stereocenters. The second-order valence-electron chi connectivity index (χ2n) is 7.65. The average Bonchev–Trinajstić information content (AvgIpc) is 3.17. The van der Waals surface area contributed by atoms with E-state index in [1.807, 2.05) is 19.2 Å². The largest absolute Gasteiger partial charge is 0.497 e. The molecule has 0 unspecified atom stereocenters. The average molecular weight is 344 g/mol. The Kier molecular flexibility index (Phi) is 6.00. The van der Waals surface area contributed by atoms with E-state index in [1.54, 1.807) is 7.11 Å². The molecule has 2 aliphatic rings. The van der Waals surface area contributed by atoms with Crippen molar-refractivity contribution in [1.82, 2.24) is 10.2 Å². The maximum absolute atomic E-state index is 13.5. The van der Waals surface area contributed by atoms with Gasteiger partial charge in [0, 0.05) is 13.1 Å². The summed E-state index contributed by atoms with van der Waals surface area (Å²) in [6, 6.07) is 8.17. The number of nitrogens with zero attached hydrogens (tertiary/aromatic N) is 1. The molecule has 1 aliphatic heterocycles. The predicted octanol–water partition coefficient (Wildman–Crippen LogP) is 3.36. The molecule has 3 rings (SSSR count). The molecule has 25 heavy (non-hydrogen) atoms. The van der Waals surface area contributed by atoms with E-state index in [2.05, 4.69) is 22.3 Å². The minimum absolute atomic E-state index is 0.327. The molecule has 0 aromatic heterocycles. The zero-order chi connectivity index (χ0) is 17.7. The van der Waals surface area contributed by atoms with Crippen molar-refractivity contribution in [3.8, 4) is 5.75 Å². The number of nitrogens with one attached hydrogen (secondary N) is 1. The first-order chi connectivity index (χ1) is 12.2. The molecule has 0 spiro atoms. The number of ether oxygens (including phenoxy) is 1. The Hall–Kier alpha value is -1.55. The van der Waals surface area contributed by atoms with Crippen molar-refractivity contribution < 1.29 is 9.53 Å². The normalized spacial score (nSPS) is 20.6. The predicted molar refractivity (Wildman–Crippen MR) is 101 cm³/mol. The van der Waals surface area contributed by atoms with Crippen LogP contribution in [0.4, 0.5) is 0 Å². The van der Waals surface area contributed by atoms with Gasteiger partial charge in [0.15, 0.2) is 0 Å². The smallest absolute Gasteiger partial charge is 0.233 e. The third-order valence-corrected chi connectivity index (χ3v) is 6.19. The topological polar surface area (TPSA) is 41.6 Å². The Morgan fingerprint density at radius 1 is 1.28 bits per heavy atom. The molecule has 1 aliphatic carbocycles. The van der Waals surface area contributed by atoms with Gasteiger partial charge in [-0.3, -0.25) is 4.79 Å². The number of rotatable bonds is 6. The second kappa shape index (κ2) is 8.22. The van der Waals surface area contributed by atoms with Gasteiger partial charge in [0.05, 0.1) is 12.5 Å². The van der Waals surface area contributed by atoms with E-state index in [1.165, 1.54) is 6.42 Å². The van der Waals surface area contributed by atoms with Crippen molar-refractivity contribution in [2.24, 2.45) is 5.92 Å². The van der Waals surface area contributed by atoms with E-state index in [0.717, 1.165) is 75.4 Å². The van der Waals surface area contributed by atoms with Crippen molar-refractivity contribution in [1.29, 1.82) is 0 Å². The maximum Gasteiger partial charge on any atom is 0.233 e. The lowest BCUT2D eigenvalue weighted by atomic mass is 9.76. The van der Waals surface area contributed by atoms with Crippen LogP contribution in [0.3, 0.4) is 0 Å². The van der Waals surface area contributed by atoms with Crippen LogP contribution in [0, 0.1) is 5.92 Å². The van der Waals surface area contributed by atoms with Crippen molar-refractivity contribution in [2.45, 2.75) is 50.4 Å². The highest BCUT2D eigenvalue weighted by Crippen LogP contribution is 2.44. The molecule has 1 saturated heterocycles. The van der Waals surface area contributed by atoms with Crippen molar-refractivity contribution in [3.63, 3.8) is 0 Å². The van der Waals surface area contributed by atoms with E-state index >= 15 is 0 Å². The molecule has 1 saturated carbocycles. The Morgan fingerprint density at radius 2 is 2.00 bits per heavy atom. The highest BCUT2D eigenvalue weighted by molar-refractivity contribution is 5.89. The van der Waals surface area contributed by atoms with Crippen LogP contribution in [0.1, 0.15) is 50.5 Å². The zero-order valence-corrected chi connectivity index (χ0v) is 15.7. The van der Waals surface area contributed by atoms with Crippen LogP contribution in [0.15, 0.2) is 24.3 Å². The van der Waals surface area contributed by atoms with Crippen LogP contribution in [0.25, 0.3) is 0 Å². The number of piperidine rings is 1. The van der Waals surface area contributed by atoms with Gasteiger partial charge in [-0.2, -0.15) is 0 Å². The Bertz CT molecular complexity index is 573. The van der Waals surface area contributed by atoms with Crippen LogP contribution in [0.5, 0.6) is 5.75 Å².